The van der Waals surface area contributed by atoms with Crippen molar-refractivity contribution >= 4 is 11.9 Å². The van der Waals surface area contributed by atoms with Crippen molar-refractivity contribution in [2.24, 2.45) is 0 Å². The highest BCUT2D eigenvalue weighted by Crippen LogP contribution is 2.19. The smallest absolute Gasteiger partial charge is 0.406 e. The van der Waals surface area contributed by atoms with Crippen LogP contribution in [0, 0.1) is 11.6 Å². The number of carbonyl (C=O) groups excluding carboxylic acids is 1. The van der Waals surface area contributed by atoms with E-state index < -0.39 is 48.3 Å². The molecule has 110 valence electrons. The molecule has 0 heterocycles. The molecule has 0 unspecified atom stereocenters. The third-order valence-electron chi connectivity index (χ3n) is 2.15. The molecule has 1 rings (SSSR count). The van der Waals surface area contributed by atoms with Crippen molar-refractivity contribution in [3.63, 3.8) is 0 Å². The predicted molar refractivity (Wildman–Crippen MR) is 56.0 cm³/mol. The highest BCUT2D eigenvalue weighted by Gasteiger charge is 2.35. The van der Waals surface area contributed by atoms with Crippen molar-refractivity contribution in [2.45, 2.75) is 6.18 Å². The van der Waals surface area contributed by atoms with Crippen LogP contribution in [0.2, 0.25) is 0 Å². The number of carboxylic acid groups (broad SMARTS) is 1. The first-order valence-electron chi connectivity index (χ1n) is 5.13. The molecule has 0 aliphatic carbocycles. The second-order valence-corrected chi connectivity index (χ2v) is 3.79. The van der Waals surface area contributed by atoms with Gasteiger partial charge in [0.25, 0.3) is 5.91 Å². The number of carbonyl (C=O) groups is 2. The quantitative estimate of drug-likeness (QED) is 0.865. The van der Waals surface area contributed by atoms with E-state index in [1.165, 1.54) is 0 Å². The van der Waals surface area contributed by atoms with Crippen LogP contribution in [-0.4, -0.2) is 41.1 Å². The van der Waals surface area contributed by atoms with Crippen LogP contribution in [0.3, 0.4) is 0 Å². The standard InChI is InChI=1S/C11H8F5NO3/c12-6-1-2-7(8(13)3-6)10(20)17(4-9(18)19)5-11(14,15)16/h1-3H,4-5H2,(H,18,19). The summed E-state index contributed by atoms with van der Waals surface area (Å²) in [5.74, 6) is -5.56. The molecule has 1 amide bonds. The molecule has 1 N–H and O–H groups in total. The molecule has 0 aliphatic rings. The van der Waals surface area contributed by atoms with Gasteiger partial charge < -0.3 is 10.0 Å². The highest BCUT2D eigenvalue weighted by molar-refractivity contribution is 5.96. The van der Waals surface area contributed by atoms with Gasteiger partial charge in [-0.15, -0.1) is 0 Å². The average Bonchev–Trinajstić information content (AvgIpc) is 2.24. The van der Waals surface area contributed by atoms with E-state index in [0.717, 1.165) is 0 Å². The SMILES string of the molecule is O=C(O)CN(CC(F)(F)F)C(=O)c1ccc(F)cc1F. The van der Waals surface area contributed by atoms with Gasteiger partial charge in [-0.2, -0.15) is 13.2 Å². The van der Waals surface area contributed by atoms with Crippen LogP contribution in [-0.2, 0) is 4.79 Å². The molecule has 0 saturated heterocycles. The zero-order chi connectivity index (χ0) is 15.5. The van der Waals surface area contributed by atoms with Crippen molar-refractivity contribution < 1.29 is 36.6 Å². The lowest BCUT2D eigenvalue weighted by Gasteiger charge is -2.22. The van der Waals surface area contributed by atoms with Crippen LogP contribution in [0.5, 0.6) is 0 Å². The lowest BCUT2D eigenvalue weighted by atomic mass is 10.1. The molecule has 0 spiro atoms. The summed E-state index contributed by atoms with van der Waals surface area (Å²) in [6.07, 6.45) is -4.85. The van der Waals surface area contributed by atoms with Crippen LogP contribution < -0.4 is 0 Å². The van der Waals surface area contributed by atoms with Gasteiger partial charge in [0.05, 0.1) is 5.56 Å². The number of hydrogen-bond acceptors (Lipinski definition) is 2. The summed E-state index contributed by atoms with van der Waals surface area (Å²) >= 11 is 0. The van der Waals surface area contributed by atoms with E-state index in [0.29, 0.717) is 18.2 Å². The summed E-state index contributed by atoms with van der Waals surface area (Å²) in [7, 11) is 0. The summed E-state index contributed by atoms with van der Waals surface area (Å²) in [5, 5.41) is 8.47. The van der Waals surface area contributed by atoms with Crippen molar-refractivity contribution in [3.05, 3.63) is 35.4 Å². The van der Waals surface area contributed by atoms with E-state index in [1.807, 2.05) is 0 Å². The molecule has 20 heavy (non-hydrogen) atoms. The third kappa shape index (κ3) is 4.48. The van der Waals surface area contributed by atoms with E-state index in [1.54, 1.807) is 0 Å². The minimum absolute atomic E-state index is 0.0847. The van der Waals surface area contributed by atoms with E-state index in [4.69, 9.17) is 5.11 Å². The van der Waals surface area contributed by atoms with Gasteiger partial charge >= 0.3 is 12.1 Å². The Hall–Kier alpha value is -2.19. The van der Waals surface area contributed by atoms with Crippen LogP contribution >= 0.6 is 0 Å². The van der Waals surface area contributed by atoms with Gasteiger partial charge in [-0.1, -0.05) is 0 Å². The van der Waals surface area contributed by atoms with Gasteiger partial charge in [0.15, 0.2) is 0 Å². The van der Waals surface area contributed by atoms with Crippen LogP contribution in [0.4, 0.5) is 22.0 Å². The van der Waals surface area contributed by atoms with Gasteiger partial charge in [0, 0.05) is 6.07 Å². The lowest BCUT2D eigenvalue weighted by molar-refractivity contribution is -0.149. The highest BCUT2D eigenvalue weighted by atomic mass is 19.4. The maximum atomic E-state index is 13.3. The second-order valence-electron chi connectivity index (χ2n) is 3.79. The number of hydrogen-bond donors (Lipinski definition) is 1. The molecule has 1 aromatic rings. The number of aliphatic carboxylic acids is 1. The second kappa shape index (κ2) is 5.85. The van der Waals surface area contributed by atoms with Gasteiger partial charge in [-0.25, -0.2) is 8.78 Å². The summed E-state index contributed by atoms with van der Waals surface area (Å²) < 4.78 is 62.7. The molecular formula is C11H8F5NO3. The lowest BCUT2D eigenvalue weighted by Crippen LogP contribution is -2.42. The Labute approximate surface area is 109 Å². The Balaban J connectivity index is 3.06. The molecule has 0 aromatic heterocycles. The molecule has 9 heteroatoms. The Bertz CT molecular complexity index is 529. The van der Waals surface area contributed by atoms with Crippen LogP contribution in [0.15, 0.2) is 18.2 Å². The largest absolute Gasteiger partial charge is 0.480 e. The monoisotopic (exact) mass is 297 g/mol. The van der Waals surface area contributed by atoms with Crippen LogP contribution in [0.1, 0.15) is 10.4 Å². The Morgan fingerprint density at radius 3 is 2.25 bits per heavy atom. The van der Waals surface area contributed by atoms with Gasteiger partial charge in [-0.3, -0.25) is 9.59 Å². The number of nitrogens with zero attached hydrogens (tertiary/aromatic N) is 1. The first-order valence-corrected chi connectivity index (χ1v) is 5.13. The maximum Gasteiger partial charge on any atom is 0.406 e. The van der Waals surface area contributed by atoms with Gasteiger partial charge in [0.2, 0.25) is 0 Å². The Morgan fingerprint density at radius 1 is 1.20 bits per heavy atom. The normalized spacial score (nSPS) is 11.2. The molecule has 0 fully saturated rings. The summed E-state index contributed by atoms with van der Waals surface area (Å²) in [5.41, 5.74) is -0.836. The first-order chi connectivity index (χ1) is 9.10. The van der Waals surface area contributed by atoms with Gasteiger partial charge in [0.1, 0.15) is 24.7 Å². The molecule has 0 aliphatic heterocycles. The molecular weight excluding hydrogens is 289 g/mol. The number of benzene rings is 1. The number of amides is 1. The minimum Gasteiger partial charge on any atom is -0.480 e. The van der Waals surface area contributed by atoms with Crippen LogP contribution in [0.25, 0.3) is 0 Å². The third-order valence-corrected chi connectivity index (χ3v) is 2.15. The fourth-order valence-electron chi connectivity index (χ4n) is 1.41. The Kier molecular flexibility index (Phi) is 4.64. The first kappa shape index (κ1) is 15.9. The van der Waals surface area contributed by atoms with E-state index in [-0.39, 0.29) is 4.90 Å². The summed E-state index contributed by atoms with van der Waals surface area (Å²) in [6, 6.07) is 1.65. The van der Waals surface area contributed by atoms with Crippen molar-refractivity contribution in [1.29, 1.82) is 0 Å². The zero-order valence-corrected chi connectivity index (χ0v) is 9.75. The number of halogens is 5. The maximum absolute atomic E-state index is 13.3. The fourth-order valence-corrected chi connectivity index (χ4v) is 1.41. The summed E-state index contributed by atoms with van der Waals surface area (Å²) in [4.78, 5) is 22.1. The number of carboxylic acids is 1. The van der Waals surface area contributed by atoms with E-state index in [9.17, 15) is 31.5 Å². The summed E-state index contributed by atoms with van der Waals surface area (Å²) in [6.45, 7) is -3.11. The predicted octanol–water partition coefficient (Wildman–Crippen LogP) is 2.05. The molecule has 0 bridgehead atoms. The average molecular weight is 297 g/mol. The Morgan fingerprint density at radius 2 is 1.80 bits per heavy atom. The van der Waals surface area contributed by atoms with Crippen molar-refractivity contribution in [3.8, 4) is 0 Å². The molecule has 0 saturated carbocycles. The van der Waals surface area contributed by atoms with Crippen molar-refractivity contribution in [2.75, 3.05) is 13.1 Å². The van der Waals surface area contributed by atoms with Crippen molar-refractivity contribution in [1.82, 2.24) is 4.90 Å². The number of alkyl halides is 3. The molecule has 1 aromatic carbocycles. The number of rotatable bonds is 4. The molecule has 4 nitrogen and oxygen atoms in total. The van der Waals surface area contributed by atoms with E-state index >= 15 is 0 Å². The molecule has 0 atom stereocenters. The topological polar surface area (TPSA) is 57.6 Å². The van der Waals surface area contributed by atoms with Gasteiger partial charge in [-0.05, 0) is 12.1 Å². The van der Waals surface area contributed by atoms with E-state index in [2.05, 4.69) is 0 Å². The zero-order valence-electron chi connectivity index (χ0n) is 9.75. The molecule has 0 radical (unpaired) electrons. The minimum atomic E-state index is -4.85. The fraction of sp³-hybridized carbons (Fsp3) is 0.273.